The fourth-order valence-electron chi connectivity index (χ4n) is 2.74. The van der Waals surface area contributed by atoms with E-state index >= 15 is 0 Å². The largest absolute Gasteiger partial charge is 0.387 e. The van der Waals surface area contributed by atoms with Crippen LogP contribution in [0.5, 0.6) is 0 Å². The second-order valence-corrected chi connectivity index (χ2v) is 7.98. The van der Waals surface area contributed by atoms with Crippen molar-refractivity contribution < 1.29 is 5.11 Å². The van der Waals surface area contributed by atoms with Gasteiger partial charge < -0.3 is 5.11 Å². The molecule has 1 saturated carbocycles. The topological polar surface area (TPSA) is 20.2 Å². The molecular formula is C14H21BrOS. The number of aryl methyl sites for hydroxylation is 1. The molecule has 96 valence electrons. The highest BCUT2D eigenvalue weighted by Crippen LogP contribution is 2.42. The predicted octanol–water partition coefficient (Wildman–Crippen LogP) is 4.92. The highest BCUT2D eigenvalue weighted by Gasteiger charge is 2.30. The minimum atomic E-state index is -0.264. The SMILES string of the molecule is Cc1cc(C(O)C2CCC(C)C(C)C2)sc1Br. The summed E-state index contributed by atoms with van der Waals surface area (Å²) in [5, 5.41) is 10.5. The average Bonchev–Trinajstić information content (AvgIpc) is 2.62. The molecule has 2 rings (SSSR count). The third kappa shape index (κ3) is 2.94. The summed E-state index contributed by atoms with van der Waals surface area (Å²) in [6.45, 7) is 6.74. The molecular weight excluding hydrogens is 296 g/mol. The molecule has 1 aromatic rings. The summed E-state index contributed by atoms with van der Waals surface area (Å²) in [4.78, 5) is 1.13. The standard InChI is InChI=1S/C14H21BrOS/c1-8-4-5-11(6-9(8)2)13(16)12-7-10(3)14(15)17-12/h7-9,11,13,16H,4-6H2,1-3H3. The number of hydrogen-bond acceptors (Lipinski definition) is 2. The van der Waals surface area contributed by atoms with E-state index in [1.165, 1.54) is 18.4 Å². The third-order valence-electron chi connectivity index (χ3n) is 4.25. The molecule has 1 fully saturated rings. The second kappa shape index (κ2) is 5.41. The van der Waals surface area contributed by atoms with Crippen LogP contribution in [0.2, 0.25) is 0 Å². The van der Waals surface area contributed by atoms with Crippen molar-refractivity contribution in [3.05, 3.63) is 20.3 Å². The molecule has 17 heavy (non-hydrogen) atoms. The molecule has 4 atom stereocenters. The van der Waals surface area contributed by atoms with Gasteiger partial charge in [-0.2, -0.15) is 0 Å². The molecule has 1 N–H and O–H groups in total. The number of aliphatic hydroxyl groups excluding tert-OH is 1. The Hall–Kier alpha value is 0.140. The van der Waals surface area contributed by atoms with Gasteiger partial charge in [0.25, 0.3) is 0 Å². The van der Waals surface area contributed by atoms with Crippen LogP contribution < -0.4 is 0 Å². The van der Waals surface area contributed by atoms with Crippen LogP contribution in [0.15, 0.2) is 9.85 Å². The molecule has 0 radical (unpaired) electrons. The van der Waals surface area contributed by atoms with Crippen molar-refractivity contribution in [2.45, 2.75) is 46.1 Å². The van der Waals surface area contributed by atoms with Crippen molar-refractivity contribution in [3.8, 4) is 0 Å². The summed E-state index contributed by atoms with van der Waals surface area (Å²) in [5.41, 5.74) is 1.24. The van der Waals surface area contributed by atoms with E-state index in [4.69, 9.17) is 0 Å². The highest BCUT2D eigenvalue weighted by molar-refractivity contribution is 9.11. The maximum absolute atomic E-state index is 10.5. The van der Waals surface area contributed by atoms with Crippen LogP contribution in [-0.2, 0) is 0 Å². The normalized spacial score (nSPS) is 31.5. The summed E-state index contributed by atoms with van der Waals surface area (Å²) >= 11 is 5.22. The monoisotopic (exact) mass is 316 g/mol. The van der Waals surface area contributed by atoms with Gasteiger partial charge in [-0.15, -0.1) is 11.3 Å². The summed E-state index contributed by atoms with van der Waals surface area (Å²) in [6, 6.07) is 2.13. The number of aliphatic hydroxyl groups is 1. The maximum atomic E-state index is 10.5. The number of halogens is 1. The molecule has 0 amide bonds. The van der Waals surface area contributed by atoms with E-state index in [1.807, 2.05) is 0 Å². The van der Waals surface area contributed by atoms with Crippen molar-refractivity contribution in [3.63, 3.8) is 0 Å². The number of hydrogen-bond donors (Lipinski definition) is 1. The minimum absolute atomic E-state index is 0.264. The smallest absolute Gasteiger partial charge is 0.0910 e. The van der Waals surface area contributed by atoms with E-state index in [9.17, 15) is 5.11 Å². The van der Waals surface area contributed by atoms with Gasteiger partial charge in [0.05, 0.1) is 9.89 Å². The summed E-state index contributed by atoms with van der Waals surface area (Å²) in [5.74, 6) is 2.01. The minimum Gasteiger partial charge on any atom is -0.387 e. The molecule has 1 heterocycles. The first-order chi connectivity index (χ1) is 7.99. The zero-order valence-corrected chi connectivity index (χ0v) is 13.1. The molecule has 0 bridgehead atoms. The summed E-state index contributed by atoms with van der Waals surface area (Å²) in [7, 11) is 0. The lowest BCUT2D eigenvalue weighted by Gasteiger charge is -2.34. The lowest BCUT2D eigenvalue weighted by atomic mass is 9.73. The Labute approximate surface area is 116 Å². The van der Waals surface area contributed by atoms with E-state index < -0.39 is 0 Å². The van der Waals surface area contributed by atoms with Gasteiger partial charge in [0.1, 0.15) is 0 Å². The van der Waals surface area contributed by atoms with Gasteiger partial charge in [0, 0.05) is 4.88 Å². The van der Waals surface area contributed by atoms with Crippen LogP contribution in [-0.4, -0.2) is 5.11 Å². The van der Waals surface area contributed by atoms with Gasteiger partial charge in [0.15, 0.2) is 0 Å². The van der Waals surface area contributed by atoms with Gasteiger partial charge in [0.2, 0.25) is 0 Å². The van der Waals surface area contributed by atoms with E-state index in [-0.39, 0.29) is 6.10 Å². The molecule has 0 spiro atoms. The van der Waals surface area contributed by atoms with E-state index in [1.54, 1.807) is 11.3 Å². The molecule has 1 aliphatic rings. The molecule has 1 nitrogen and oxygen atoms in total. The first-order valence-electron chi connectivity index (χ1n) is 6.43. The third-order valence-corrected chi connectivity index (χ3v) is 6.46. The van der Waals surface area contributed by atoms with Crippen LogP contribution in [0.3, 0.4) is 0 Å². The average molecular weight is 317 g/mol. The Kier molecular flexibility index (Phi) is 4.32. The number of rotatable bonds is 2. The Bertz CT molecular complexity index is 368. The first kappa shape index (κ1) is 13.6. The van der Waals surface area contributed by atoms with E-state index in [0.717, 1.165) is 26.9 Å². The maximum Gasteiger partial charge on any atom is 0.0910 e. The molecule has 4 unspecified atom stereocenters. The van der Waals surface area contributed by atoms with E-state index in [2.05, 4.69) is 42.8 Å². The fourth-order valence-corrected chi connectivity index (χ4v) is 4.39. The molecule has 3 heteroatoms. The lowest BCUT2D eigenvalue weighted by Crippen LogP contribution is -2.24. The number of thiophene rings is 1. The van der Waals surface area contributed by atoms with Crippen LogP contribution in [0.25, 0.3) is 0 Å². The summed E-state index contributed by atoms with van der Waals surface area (Å²) < 4.78 is 1.16. The summed E-state index contributed by atoms with van der Waals surface area (Å²) in [6.07, 6.45) is 3.33. The molecule has 0 aliphatic heterocycles. The Balaban J connectivity index is 2.07. The molecule has 1 aliphatic carbocycles. The van der Waals surface area contributed by atoms with Crippen molar-refractivity contribution >= 4 is 27.3 Å². The second-order valence-electron chi connectivity index (χ2n) is 5.58. The zero-order chi connectivity index (χ0) is 12.6. The molecule has 1 aromatic heterocycles. The zero-order valence-electron chi connectivity index (χ0n) is 10.7. The Morgan fingerprint density at radius 3 is 2.59 bits per heavy atom. The van der Waals surface area contributed by atoms with Gasteiger partial charge in [-0.3, -0.25) is 0 Å². The quantitative estimate of drug-likeness (QED) is 0.820. The van der Waals surface area contributed by atoms with Gasteiger partial charge in [-0.25, -0.2) is 0 Å². The fraction of sp³-hybridized carbons (Fsp3) is 0.714. The van der Waals surface area contributed by atoms with Crippen molar-refractivity contribution in [1.29, 1.82) is 0 Å². The van der Waals surface area contributed by atoms with E-state index in [0.29, 0.717) is 5.92 Å². The van der Waals surface area contributed by atoms with Crippen LogP contribution in [0.4, 0.5) is 0 Å². The van der Waals surface area contributed by atoms with Gasteiger partial charge in [-0.1, -0.05) is 20.3 Å². The first-order valence-corrected chi connectivity index (χ1v) is 8.04. The molecule has 0 aromatic carbocycles. The highest BCUT2D eigenvalue weighted by atomic mass is 79.9. The van der Waals surface area contributed by atoms with Crippen LogP contribution >= 0.6 is 27.3 Å². The van der Waals surface area contributed by atoms with Crippen molar-refractivity contribution in [1.82, 2.24) is 0 Å². The predicted molar refractivity (Wildman–Crippen MR) is 77.4 cm³/mol. The van der Waals surface area contributed by atoms with Crippen molar-refractivity contribution in [2.24, 2.45) is 17.8 Å². The lowest BCUT2D eigenvalue weighted by molar-refractivity contribution is 0.0585. The Morgan fingerprint density at radius 2 is 2.06 bits per heavy atom. The van der Waals surface area contributed by atoms with Crippen LogP contribution in [0.1, 0.15) is 49.7 Å². The molecule has 0 saturated heterocycles. The van der Waals surface area contributed by atoms with Crippen LogP contribution in [0, 0.1) is 24.7 Å². The van der Waals surface area contributed by atoms with Gasteiger partial charge >= 0.3 is 0 Å². The van der Waals surface area contributed by atoms with Crippen molar-refractivity contribution in [2.75, 3.05) is 0 Å². The van der Waals surface area contributed by atoms with Gasteiger partial charge in [-0.05, 0) is 65.1 Å². The Morgan fingerprint density at radius 1 is 1.35 bits per heavy atom.